The van der Waals surface area contributed by atoms with Crippen molar-refractivity contribution in [2.75, 3.05) is 6.54 Å². The van der Waals surface area contributed by atoms with E-state index in [0.717, 1.165) is 12.3 Å². The number of rotatable bonds is 4. The second-order valence-electron chi connectivity index (χ2n) is 4.26. The number of aromatic nitrogens is 1. The SMILES string of the molecule is O=C(NCC1(C(=O)O)CC1)c1cc(F)cnc1Cl. The van der Waals surface area contributed by atoms with Crippen molar-refractivity contribution in [2.24, 2.45) is 5.41 Å². The molecule has 0 bridgehead atoms. The molecule has 1 heterocycles. The third kappa shape index (κ3) is 2.43. The number of carboxylic acids is 1. The molecule has 0 spiro atoms. The fourth-order valence-corrected chi connectivity index (χ4v) is 1.73. The van der Waals surface area contributed by atoms with Crippen LogP contribution in [0, 0.1) is 11.2 Å². The number of carboxylic acid groups (broad SMARTS) is 1. The third-order valence-electron chi connectivity index (χ3n) is 2.94. The van der Waals surface area contributed by atoms with E-state index in [4.69, 9.17) is 16.7 Å². The molecule has 0 atom stereocenters. The number of nitrogens with zero attached hydrogens (tertiary/aromatic N) is 1. The number of aliphatic carboxylic acids is 1. The second-order valence-corrected chi connectivity index (χ2v) is 4.62. The highest BCUT2D eigenvalue weighted by Gasteiger charge is 2.50. The van der Waals surface area contributed by atoms with Gasteiger partial charge in [-0.2, -0.15) is 0 Å². The van der Waals surface area contributed by atoms with E-state index >= 15 is 0 Å². The molecule has 1 aromatic rings. The van der Waals surface area contributed by atoms with Gasteiger partial charge in [-0.3, -0.25) is 9.59 Å². The van der Waals surface area contributed by atoms with Crippen LogP contribution in [0.2, 0.25) is 5.15 Å². The molecule has 0 aliphatic heterocycles. The number of nitrogens with one attached hydrogen (secondary N) is 1. The van der Waals surface area contributed by atoms with E-state index in [1.807, 2.05) is 0 Å². The molecule has 0 unspecified atom stereocenters. The van der Waals surface area contributed by atoms with Gasteiger partial charge in [-0.25, -0.2) is 9.37 Å². The first-order valence-corrected chi connectivity index (χ1v) is 5.65. The van der Waals surface area contributed by atoms with Crippen LogP contribution in [-0.2, 0) is 4.79 Å². The van der Waals surface area contributed by atoms with Gasteiger partial charge in [-0.15, -0.1) is 0 Å². The van der Waals surface area contributed by atoms with Crippen molar-refractivity contribution in [3.05, 3.63) is 28.8 Å². The summed E-state index contributed by atoms with van der Waals surface area (Å²) in [5.74, 6) is -2.24. The predicted molar refractivity (Wildman–Crippen MR) is 60.8 cm³/mol. The molecule has 1 amide bonds. The van der Waals surface area contributed by atoms with Gasteiger partial charge in [0.05, 0.1) is 17.2 Å². The summed E-state index contributed by atoms with van der Waals surface area (Å²) >= 11 is 5.66. The summed E-state index contributed by atoms with van der Waals surface area (Å²) in [6.45, 7) is 0.00795. The van der Waals surface area contributed by atoms with E-state index in [0.29, 0.717) is 12.8 Å². The van der Waals surface area contributed by atoms with Gasteiger partial charge in [-0.05, 0) is 18.9 Å². The van der Waals surface area contributed by atoms with Crippen molar-refractivity contribution in [3.8, 4) is 0 Å². The summed E-state index contributed by atoms with van der Waals surface area (Å²) in [5.41, 5.74) is -0.971. The van der Waals surface area contributed by atoms with Crippen LogP contribution in [0.5, 0.6) is 0 Å². The molecule has 1 fully saturated rings. The maximum Gasteiger partial charge on any atom is 0.311 e. The summed E-state index contributed by atoms with van der Waals surface area (Å²) in [6.07, 6.45) is 1.95. The molecule has 18 heavy (non-hydrogen) atoms. The molecule has 2 N–H and O–H groups in total. The zero-order valence-corrected chi connectivity index (χ0v) is 10.00. The number of hydrogen-bond donors (Lipinski definition) is 2. The lowest BCUT2D eigenvalue weighted by Crippen LogP contribution is -2.34. The van der Waals surface area contributed by atoms with Crippen molar-refractivity contribution >= 4 is 23.5 Å². The smallest absolute Gasteiger partial charge is 0.311 e. The fourth-order valence-electron chi connectivity index (χ4n) is 1.54. The Labute approximate surface area is 107 Å². The Morgan fingerprint density at radius 2 is 2.22 bits per heavy atom. The molecule has 1 aliphatic rings. The van der Waals surface area contributed by atoms with Crippen LogP contribution in [0.15, 0.2) is 12.3 Å². The maximum absolute atomic E-state index is 12.9. The highest BCUT2D eigenvalue weighted by atomic mass is 35.5. The number of halogens is 2. The van der Waals surface area contributed by atoms with Gasteiger partial charge >= 0.3 is 5.97 Å². The van der Waals surface area contributed by atoms with Gasteiger partial charge in [0.2, 0.25) is 0 Å². The van der Waals surface area contributed by atoms with Crippen LogP contribution < -0.4 is 5.32 Å². The minimum absolute atomic E-state index is 0.00795. The van der Waals surface area contributed by atoms with Crippen LogP contribution in [0.1, 0.15) is 23.2 Å². The lowest BCUT2D eigenvalue weighted by atomic mass is 10.1. The van der Waals surface area contributed by atoms with E-state index in [-0.39, 0.29) is 17.3 Å². The summed E-state index contributed by atoms with van der Waals surface area (Å²) in [4.78, 5) is 26.1. The molecule has 1 aromatic heterocycles. The average molecular weight is 273 g/mol. The predicted octanol–water partition coefficient (Wildman–Crippen LogP) is 1.47. The Bertz CT molecular complexity index is 517. The summed E-state index contributed by atoms with van der Waals surface area (Å²) < 4.78 is 12.9. The summed E-state index contributed by atoms with van der Waals surface area (Å²) in [6, 6.07) is 0.963. The van der Waals surface area contributed by atoms with Crippen molar-refractivity contribution in [1.82, 2.24) is 10.3 Å². The topological polar surface area (TPSA) is 79.3 Å². The van der Waals surface area contributed by atoms with E-state index in [1.54, 1.807) is 0 Å². The van der Waals surface area contributed by atoms with Gasteiger partial charge in [0.25, 0.3) is 5.91 Å². The first kappa shape index (κ1) is 12.8. The number of hydrogen-bond acceptors (Lipinski definition) is 3. The lowest BCUT2D eigenvalue weighted by molar-refractivity contribution is -0.143. The molecule has 2 rings (SSSR count). The van der Waals surface area contributed by atoms with E-state index < -0.39 is 23.1 Å². The Morgan fingerprint density at radius 3 is 2.78 bits per heavy atom. The van der Waals surface area contributed by atoms with Crippen molar-refractivity contribution < 1.29 is 19.1 Å². The number of amides is 1. The molecular formula is C11H10ClFN2O3. The maximum atomic E-state index is 12.9. The molecule has 7 heteroatoms. The number of carbonyl (C=O) groups excluding carboxylic acids is 1. The average Bonchev–Trinajstić information content (AvgIpc) is 3.10. The van der Waals surface area contributed by atoms with Crippen LogP contribution in [-0.4, -0.2) is 28.5 Å². The highest BCUT2D eigenvalue weighted by molar-refractivity contribution is 6.32. The zero-order valence-electron chi connectivity index (χ0n) is 9.24. The highest BCUT2D eigenvalue weighted by Crippen LogP contribution is 2.45. The van der Waals surface area contributed by atoms with Crippen LogP contribution in [0.3, 0.4) is 0 Å². The van der Waals surface area contributed by atoms with E-state index in [1.165, 1.54) is 0 Å². The van der Waals surface area contributed by atoms with Gasteiger partial charge in [-0.1, -0.05) is 11.6 Å². The molecule has 96 valence electrons. The Balaban J connectivity index is 2.04. The molecular weight excluding hydrogens is 263 g/mol. The molecule has 0 radical (unpaired) electrons. The fraction of sp³-hybridized carbons (Fsp3) is 0.364. The number of pyridine rings is 1. The monoisotopic (exact) mass is 272 g/mol. The quantitative estimate of drug-likeness (QED) is 0.814. The zero-order chi connectivity index (χ0) is 13.3. The van der Waals surface area contributed by atoms with Crippen LogP contribution in [0.4, 0.5) is 4.39 Å². The Morgan fingerprint density at radius 1 is 1.56 bits per heavy atom. The molecule has 0 saturated heterocycles. The first-order chi connectivity index (χ1) is 8.44. The van der Waals surface area contributed by atoms with Crippen molar-refractivity contribution in [3.63, 3.8) is 0 Å². The lowest BCUT2D eigenvalue weighted by Gasteiger charge is -2.11. The van der Waals surface area contributed by atoms with Crippen LogP contribution in [0.25, 0.3) is 0 Å². The Kier molecular flexibility index (Phi) is 3.21. The van der Waals surface area contributed by atoms with Gasteiger partial charge in [0, 0.05) is 6.54 Å². The number of carbonyl (C=O) groups is 2. The molecule has 1 saturated carbocycles. The Hall–Kier alpha value is -1.69. The molecule has 5 nitrogen and oxygen atoms in total. The van der Waals surface area contributed by atoms with Crippen LogP contribution >= 0.6 is 11.6 Å². The first-order valence-electron chi connectivity index (χ1n) is 5.27. The standard InChI is InChI=1S/C11H10ClFN2O3/c12-8-7(3-6(13)4-14-8)9(16)15-5-11(1-2-11)10(17)18/h3-4H,1-2,5H2,(H,15,16)(H,17,18). The van der Waals surface area contributed by atoms with Crippen molar-refractivity contribution in [1.29, 1.82) is 0 Å². The summed E-state index contributed by atoms with van der Waals surface area (Å²) in [5, 5.41) is 11.3. The minimum atomic E-state index is -0.939. The van der Waals surface area contributed by atoms with Gasteiger partial charge in [0.15, 0.2) is 0 Å². The molecule has 0 aromatic carbocycles. The van der Waals surface area contributed by atoms with E-state index in [9.17, 15) is 14.0 Å². The minimum Gasteiger partial charge on any atom is -0.481 e. The largest absolute Gasteiger partial charge is 0.481 e. The van der Waals surface area contributed by atoms with E-state index in [2.05, 4.69) is 10.3 Å². The van der Waals surface area contributed by atoms with Gasteiger partial charge < -0.3 is 10.4 Å². The third-order valence-corrected chi connectivity index (χ3v) is 3.25. The van der Waals surface area contributed by atoms with Gasteiger partial charge in [0.1, 0.15) is 11.0 Å². The second kappa shape index (κ2) is 4.53. The summed E-state index contributed by atoms with van der Waals surface area (Å²) in [7, 11) is 0. The normalized spacial score (nSPS) is 16.1. The molecule has 1 aliphatic carbocycles. The van der Waals surface area contributed by atoms with Crippen molar-refractivity contribution in [2.45, 2.75) is 12.8 Å².